The maximum atomic E-state index is 5.80. The predicted molar refractivity (Wildman–Crippen MR) is 66.5 cm³/mol. The van der Waals surface area contributed by atoms with E-state index in [0.717, 1.165) is 38.5 Å². The third-order valence-corrected chi connectivity index (χ3v) is 2.89. The van der Waals surface area contributed by atoms with Crippen LogP contribution < -0.4 is 10.6 Å². The molecular weight excluding hydrogens is 200 g/mol. The number of pyridine rings is 1. The van der Waals surface area contributed by atoms with Crippen LogP contribution in [0.15, 0.2) is 24.4 Å². The first-order chi connectivity index (χ1) is 7.75. The van der Waals surface area contributed by atoms with Crippen molar-refractivity contribution in [3.8, 4) is 0 Å². The molecule has 1 fully saturated rings. The van der Waals surface area contributed by atoms with Gasteiger partial charge in [-0.1, -0.05) is 6.07 Å². The summed E-state index contributed by atoms with van der Waals surface area (Å²) in [6.45, 7) is 7.31. The van der Waals surface area contributed by atoms with Gasteiger partial charge in [0.15, 0.2) is 0 Å². The predicted octanol–water partition coefficient (Wildman–Crippen LogP) is 0.551. The Hall–Kier alpha value is -1.13. The Kier molecular flexibility index (Phi) is 3.74. The van der Waals surface area contributed by atoms with Gasteiger partial charge in [0.05, 0.1) is 0 Å². The van der Waals surface area contributed by atoms with E-state index in [0.29, 0.717) is 0 Å². The molecule has 2 heterocycles. The molecule has 16 heavy (non-hydrogen) atoms. The van der Waals surface area contributed by atoms with Crippen LogP contribution in [-0.4, -0.2) is 48.6 Å². The summed E-state index contributed by atoms with van der Waals surface area (Å²) in [5.74, 6) is 1.09. The van der Waals surface area contributed by atoms with Crippen LogP contribution >= 0.6 is 0 Å². The first kappa shape index (κ1) is 11.4. The van der Waals surface area contributed by atoms with Gasteiger partial charge in [0.25, 0.3) is 0 Å². The molecule has 88 valence electrons. The maximum Gasteiger partial charge on any atom is 0.128 e. The Morgan fingerprint density at radius 2 is 2.06 bits per heavy atom. The van der Waals surface area contributed by atoms with Crippen LogP contribution in [-0.2, 0) is 0 Å². The van der Waals surface area contributed by atoms with E-state index in [-0.39, 0.29) is 6.04 Å². The maximum absolute atomic E-state index is 5.80. The summed E-state index contributed by atoms with van der Waals surface area (Å²) in [7, 11) is 0. The molecule has 2 N–H and O–H groups in total. The molecule has 0 amide bonds. The molecule has 1 aromatic rings. The van der Waals surface area contributed by atoms with Crippen molar-refractivity contribution < 1.29 is 0 Å². The molecule has 1 aromatic heterocycles. The van der Waals surface area contributed by atoms with Crippen molar-refractivity contribution in [2.24, 2.45) is 5.73 Å². The van der Waals surface area contributed by atoms with Crippen LogP contribution in [0.1, 0.15) is 6.92 Å². The van der Waals surface area contributed by atoms with E-state index in [1.165, 1.54) is 0 Å². The highest BCUT2D eigenvalue weighted by atomic mass is 15.3. The average molecular weight is 220 g/mol. The number of piperazine rings is 1. The lowest BCUT2D eigenvalue weighted by molar-refractivity contribution is 0.246. The summed E-state index contributed by atoms with van der Waals surface area (Å²) in [6.07, 6.45) is 1.85. The third kappa shape index (κ3) is 2.93. The molecule has 0 spiro atoms. The standard InChI is InChI=1S/C12H20N4/c1-11(13)10-15-6-8-16(9-7-15)12-4-2-3-5-14-12/h2-5,11H,6-10,13H2,1H3/t11-/m0/s1. The Morgan fingerprint density at radius 1 is 1.31 bits per heavy atom. The second-order valence-corrected chi connectivity index (χ2v) is 4.45. The minimum Gasteiger partial charge on any atom is -0.354 e. The number of anilines is 1. The van der Waals surface area contributed by atoms with Gasteiger partial charge in [0, 0.05) is 45.0 Å². The molecule has 1 saturated heterocycles. The number of nitrogens with two attached hydrogens (primary N) is 1. The van der Waals surface area contributed by atoms with Gasteiger partial charge in [0.1, 0.15) is 5.82 Å². The molecule has 1 aliphatic heterocycles. The SMILES string of the molecule is C[C@H](N)CN1CCN(c2ccccn2)CC1. The lowest BCUT2D eigenvalue weighted by Gasteiger charge is -2.36. The number of nitrogens with zero attached hydrogens (tertiary/aromatic N) is 3. The number of aromatic nitrogens is 1. The Balaban J connectivity index is 1.86. The molecule has 4 heteroatoms. The second kappa shape index (κ2) is 5.27. The zero-order chi connectivity index (χ0) is 11.4. The van der Waals surface area contributed by atoms with Crippen molar-refractivity contribution in [2.45, 2.75) is 13.0 Å². The van der Waals surface area contributed by atoms with Gasteiger partial charge in [-0.05, 0) is 19.1 Å². The summed E-state index contributed by atoms with van der Waals surface area (Å²) >= 11 is 0. The summed E-state index contributed by atoms with van der Waals surface area (Å²) in [6, 6.07) is 6.33. The minimum atomic E-state index is 0.265. The number of hydrogen-bond acceptors (Lipinski definition) is 4. The number of hydrogen-bond donors (Lipinski definition) is 1. The van der Waals surface area contributed by atoms with Gasteiger partial charge in [0.2, 0.25) is 0 Å². The molecule has 0 bridgehead atoms. The molecule has 0 saturated carbocycles. The van der Waals surface area contributed by atoms with Gasteiger partial charge in [-0.3, -0.25) is 4.90 Å². The van der Waals surface area contributed by atoms with E-state index < -0.39 is 0 Å². The lowest BCUT2D eigenvalue weighted by atomic mass is 10.2. The van der Waals surface area contributed by atoms with E-state index in [4.69, 9.17) is 5.73 Å². The zero-order valence-corrected chi connectivity index (χ0v) is 9.84. The van der Waals surface area contributed by atoms with E-state index in [1.54, 1.807) is 0 Å². The van der Waals surface area contributed by atoms with Crippen molar-refractivity contribution in [1.82, 2.24) is 9.88 Å². The topological polar surface area (TPSA) is 45.4 Å². The smallest absolute Gasteiger partial charge is 0.128 e. The molecule has 2 rings (SSSR count). The van der Waals surface area contributed by atoms with Crippen LogP contribution in [0.25, 0.3) is 0 Å². The number of rotatable bonds is 3. The van der Waals surface area contributed by atoms with Crippen molar-refractivity contribution in [3.63, 3.8) is 0 Å². The van der Waals surface area contributed by atoms with Crippen molar-refractivity contribution in [2.75, 3.05) is 37.6 Å². The van der Waals surface area contributed by atoms with Crippen LogP contribution in [0, 0.1) is 0 Å². The highest BCUT2D eigenvalue weighted by molar-refractivity contribution is 5.38. The second-order valence-electron chi connectivity index (χ2n) is 4.45. The molecule has 1 aliphatic rings. The van der Waals surface area contributed by atoms with Gasteiger partial charge in [-0.15, -0.1) is 0 Å². The highest BCUT2D eigenvalue weighted by Crippen LogP contribution is 2.12. The fraction of sp³-hybridized carbons (Fsp3) is 0.583. The Labute approximate surface area is 97.1 Å². The van der Waals surface area contributed by atoms with E-state index >= 15 is 0 Å². The Morgan fingerprint density at radius 3 is 2.62 bits per heavy atom. The van der Waals surface area contributed by atoms with Crippen LogP contribution in [0.4, 0.5) is 5.82 Å². The fourth-order valence-corrected chi connectivity index (χ4v) is 2.11. The minimum absolute atomic E-state index is 0.265. The van der Waals surface area contributed by atoms with Crippen molar-refractivity contribution in [3.05, 3.63) is 24.4 Å². The van der Waals surface area contributed by atoms with Crippen LogP contribution in [0.2, 0.25) is 0 Å². The zero-order valence-electron chi connectivity index (χ0n) is 9.84. The normalized spacial score (nSPS) is 19.8. The summed E-state index contributed by atoms with van der Waals surface area (Å²) in [4.78, 5) is 9.12. The molecule has 0 aromatic carbocycles. The van der Waals surface area contributed by atoms with Gasteiger partial charge >= 0.3 is 0 Å². The van der Waals surface area contributed by atoms with Gasteiger partial charge in [-0.25, -0.2) is 4.98 Å². The molecule has 0 unspecified atom stereocenters. The van der Waals surface area contributed by atoms with Crippen LogP contribution in [0.3, 0.4) is 0 Å². The Bertz CT molecular complexity index is 304. The summed E-state index contributed by atoms with van der Waals surface area (Å²) in [5, 5.41) is 0. The van der Waals surface area contributed by atoms with E-state index in [1.807, 2.05) is 18.3 Å². The van der Waals surface area contributed by atoms with Gasteiger partial charge in [-0.2, -0.15) is 0 Å². The van der Waals surface area contributed by atoms with Crippen molar-refractivity contribution >= 4 is 5.82 Å². The average Bonchev–Trinajstić information content (AvgIpc) is 2.30. The summed E-state index contributed by atoms with van der Waals surface area (Å²) in [5.41, 5.74) is 5.80. The third-order valence-electron chi connectivity index (χ3n) is 2.89. The van der Waals surface area contributed by atoms with E-state index in [9.17, 15) is 0 Å². The molecule has 0 radical (unpaired) electrons. The molecule has 1 atom stereocenters. The first-order valence-corrected chi connectivity index (χ1v) is 5.89. The summed E-state index contributed by atoms with van der Waals surface area (Å²) < 4.78 is 0. The fourth-order valence-electron chi connectivity index (χ4n) is 2.11. The first-order valence-electron chi connectivity index (χ1n) is 5.89. The van der Waals surface area contributed by atoms with Crippen molar-refractivity contribution in [1.29, 1.82) is 0 Å². The largest absolute Gasteiger partial charge is 0.354 e. The highest BCUT2D eigenvalue weighted by Gasteiger charge is 2.17. The van der Waals surface area contributed by atoms with E-state index in [2.05, 4.69) is 27.8 Å². The van der Waals surface area contributed by atoms with Gasteiger partial charge < -0.3 is 10.6 Å². The molecule has 0 aliphatic carbocycles. The molecule has 4 nitrogen and oxygen atoms in total. The lowest BCUT2D eigenvalue weighted by Crippen LogP contribution is -2.49. The monoisotopic (exact) mass is 220 g/mol. The molecular formula is C12H20N4. The quantitative estimate of drug-likeness (QED) is 0.808. The van der Waals surface area contributed by atoms with Crippen LogP contribution in [0.5, 0.6) is 0 Å².